The van der Waals surface area contributed by atoms with E-state index in [4.69, 9.17) is 5.73 Å². The molecule has 1 rings (SSSR count). The Labute approximate surface area is 113 Å². The molecule has 8 heteroatoms. The van der Waals surface area contributed by atoms with E-state index in [1.54, 1.807) is 6.92 Å². The lowest BCUT2D eigenvalue weighted by molar-refractivity contribution is -0.114. The molecule has 1 aromatic rings. The smallest absolute Gasteiger partial charge is 0.348 e. The lowest BCUT2D eigenvalue weighted by atomic mass is 10.1. The van der Waals surface area contributed by atoms with Gasteiger partial charge >= 0.3 is 11.9 Å². The van der Waals surface area contributed by atoms with Crippen LogP contribution < -0.4 is 11.1 Å². The summed E-state index contributed by atoms with van der Waals surface area (Å²) in [5, 5.41) is 2.68. The van der Waals surface area contributed by atoms with Gasteiger partial charge in [0.2, 0.25) is 5.91 Å². The summed E-state index contributed by atoms with van der Waals surface area (Å²) in [5.41, 5.74) is 5.73. The second kappa shape index (κ2) is 6.30. The monoisotopic (exact) mass is 286 g/mol. The van der Waals surface area contributed by atoms with E-state index in [-0.39, 0.29) is 22.0 Å². The fraction of sp³-hybridized carbons (Fsp3) is 0.364. The molecule has 19 heavy (non-hydrogen) atoms. The SMILES string of the molecule is COC(=O)c1sc(NC(=O)CN)c(C(=O)OC)c1C. The molecule has 0 aliphatic carbocycles. The van der Waals surface area contributed by atoms with Gasteiger partial charge in [0.15, 0.2) is 0 Å². The molecule has 0 aliphatic heterocycles. The van der Waals surface area contributed by atoms with Gasteiger partial charge in [0, 0.05) is 0 Å². The molecular weight excluding hydrogens is 272 g/mol. The third kappa shape index (κ3) is 3.09. The van der Waals surface area contributed by atoms with Gasteiger partial charge in [-0.15, -0.1) is 11.3 Å². The van der Waals surface area contributed by atoms with Crippen LogP contribution in [0, 0.1) is 6.92 Å². The maximum atomic E-state index is 11.7. The first-order chi connectivity index (χ1) is 8.96. The lowest BCUT2D eigenvalue weighted by Crippen LogP contribution is -2.22. The van der Waals surface area contributed by atoms with Gasteiger partial charge < -0.3 is 20.5 Å². The van der Waals surface area contributed by atoms with Crippen LogP contribution in [0.4, 0.5) is 5.00 Å². The van der Waals surface area contributed by atoms with Crippen LogP contribution >= 0.6 is 11.3 Å². The van der Waals surface area contributed by atoms with Crippen LogP contribution in [-0.4, -0.2) is 38.6 Å². The molecule has 3 N–H and O–H groups in total. The molecule has 0 saturated carbocycles. The van der Waals surface area contributed by atoms with Crippen molar-refractivity contribution in [3.8, 4) is 0 Å². The summed E-state index contributed by atoms with van der Waals surface area (Å²) in [7, 11) is 2.45. The highest BCUT2D eigenvalue weighted by atomic mass is 32.1. The maximum Gasteiger partial charge on any atom is 0.348 e. The number of thiophene rings is 1. The topological polar surface area (TPSA) is 108 Å². The standard InChI is InChI=1S/C11H14N2O5S/c1-5-7(10(15)17-2)9(13-6(14)4-12)19-8(5)11(16)18-3/h4,12H2,1-3H3,(H,13,14). The average Bonchev–Trinajstić information content (AvgIpc) is 2.73. The van der Waals surface area contributed by atoms with Crippen LogP contribution in [0.25, 0.3) is 0 Å². The second-order valence-corrected chi connectivity index (χ2v) is 4.52. The van der Waals surface area contributed by atoms with Gasteiger partial charge in [-0.05, 0) is 12.5 Å². The van der Waals surface area contributed by atoms with Crippen molar-refractivity contribution in [3.63, 3.8) is 0 Å². The fourth-order valence-corrected chi connectivity index (χ4v) is 2.54. The predicted molar refractivity (Wildman–Crippen MR) is 69.4 cm³/mol. The fourth-order valence-electron chi connectivity index (χ4n) is 1.41. The lowest BCUT2D eigenvalue weighted by Gasteiger charge is -2.04. The van der Waals surface area contributed by atoms with Crippen LogP contribution in [0.2, 0.25) is 0 Å². The summed E-state index contributed by atoms with van der Waals surface area (Å²) in [6.07, 6.45) is 0. The number of rotatable bonds is 4. The van der Waals surface area contributed by atoms with E-state index >= 15 is 0 Å². The van der Waals surface area contributed by atoms with Gasteiger partial charge in [-0.3, -0.25) is 4.79 Å². The molecule has 0 fully saturated rings. The molecule has 0 saturated heterocycles. The van der Waals surface area contributed by atoms with Crippen molar-refractivity contribution in [1.82, 2.24) is 0 Å². The number of methoxy groups -OCH3 is 2. The van der Waals surface area contributed by atoms with E-state index in [1.807, 2.05) is 0 Å². The number of nitrogens with two attached hydrogens (primary N) is 1. The number of hydrogen-bond acceptors (Lipinski definition) is 7. The Hall–Kier alpha value is -1.93. The van der Waals surface area contributed by atoms with Crippen molar-refractivity contribution < 1.29 is 23.9 Å². The van der Waals surface area contributed by atoms with Gasteiger partial charge in [-0.2, -0.15) is 0 Å². The summed E-state index contributed by atoms with van der Waals surface area (Å²) in [6, 6.07) is 0. The van der Waals surface area contributed by atoms with E-state index in [1.165, 1.54) is 14.2 Å². The van der Waals surface area contributed by atoms with Crippen molar-refractivity contribution in [1.29, 1.82) is 0 Å². The van der Waals surface area contributed by atoms with E-state index in [0.717, 1.165) is 11.3 Å². The second-order valence-electron chi connectivity index (χ2n) is 3.50. The normalized spacial score (nSPS) is 9.89. The molecule has 0 atom stereocenters. The summed E-state index contributed by atoms with van der Waals surface area (Å²) in [6.45, 7) is 1.35. The number of anilines is 1. The van der Waals surface area contributed by atoms with Crippen LogP contribution in [0.3, 0.4) is 0 Å². The van der Waals surface area contributed by atoms with Crippen LogP contribution in [-0.2, 0) is 14.3 Å². The highest BCUT2D eigenvalue weighted by Crippen LogP contribution is 2.34. The summed E-state index contributed by atoms with van der Waals surface area (Å²) < 4.78 is 9.24. The molecule has 0 bridgehead atoms. The number of ether oxygens (including phenoxy) is 2. The first-order valence-electron chi connectivity index (χ1n) is 5.26. The van der Waals surface area contributed by atoms with Crippen LogP contribution in [0.1, 0.15) is 25.6 Å². The molecule has 1 amide bonds. The molecule has 0 spiro atoms. The Kier molecular flexibility index (Phi) is 5.02. The summed E-state index contributed by atoms with van der Waals surface area (Å²) >= 11 is 0.943. The van der Waals surface area contributed by atoms with E-state index < -0.39 is 17.8 Å². The number of amides is 1. The van der Waals surface area contributed by atoms with Crippen LogP contribution in [0.5, 0.6) is 0 Å². The Morgan fingerprint density at radius 1 is 1.21 bits per heavy atom. The molecule has 0 radical (unpaired) electrons. The molecule has 7 nitrogen and oxygen atoms in total. The van der Waals surface area contributed by atoms with Gasteiger partial charge in [-0.1, -0.05) is 0 Å². The largest absolute Gasteiger partial charge is 0.465 e. The quantitative estimate of drug-likeness (QED) is 0.782. The number of hydrogen-bond donors (Lipinski definition) is 2. The van der Waals surface area contributed by atoms with Gasteiger partial charge in [0.25, 0.3) is 0 Å². The maximum absolute atomic E-state index is 11.7. The average molecular weight is 286 g/mol. The third-order valence-corrected chi connectivity index (χ3v) is 3.53. The van der Waals surface area contributed by atoms with Crippen molar-refractivity contribution in [3.05, 3.63) is 16.0 Å². The first-order valence-corrected chi connectivity index (χ1v) is 6.07. The zero-order valence-corrected chi connectivity index (χ0v) is 11.6. The summed E-state index contributed by atoms with van der Waals surface area (Å²) in [5.74, 6) is -1.69. The Balaban J connectivity index is 3.31. The minimum absolute atomic E-state index is 0.134. The molecule has 1 heterocycles. The number of carbonyl (C=O) groups is 3. The first kappa shape index (κ1) is 15.1. The van der Waals surface area contributed by atoms with Gasteiger partial charge in [0.1, 0.15) is 9.88 Å². The minimum Gasteiger partial charge on any atom is -0.465 e. The van der Waals surface area contributed by atoms with Gasteiger partial charge in [0.05, 0.1) is 26.3 Å². The molecule has 1 aromatic heterocycles. The summed E-state index contributed by atoms with van der Waals surface area (Å²) in [4.78, 5) is 34.8. The number of carbonyl (C=O) groups excluding carboxylic acids is 3. The van der Waals surface area contributed by atoms with Gasteiger partial charge in [-0.25, -0.2) is 9.59 Å². The zero-order chi connectivity index (χ0) is 14.6. The molecule has 104 valence electrons. The van der Waals surface area contributed by atoms with Crippen molar-refractivity contribution in [2.45, 2.75) is 6.92 Å². The third-order valence-electron chi connectivity index (χ3n) is 2.35. The number of nitrogens with one attached hydrogen (secondary N) is 1. The van der Waals surface area contributed by atoms with Crippen molar-refractivity contribution >= 4 is 34.2 Å². The van der Waals surface area contributed by atoms with Crippen molar-refractivity contribution in [2.75, 3.05) is 26.1 Å². The Morgan fingerprint density at radius 3 is 2.26 bits per heavy atom. The Morgan fingerprint density at radius 2 is 1.79 bits per heavy atom. The molecular formula is C11H14N2O5S. The van der Waals surface area contributed by atoms with E-state index in [2.05, 4.69) is 14.8 Å². The number of esters is 2. The molecule has 0 unspecified atom stereocenters. The molecule has 0 aromatic carbocycles. The highest BCUT2D eigenvalue weighted by molar-refractivity contribution is 7.18. The highest BCUT2D eigenvalue weighted by Gasteiger charge is 2.26. The minimum atomic E-state index is -0.642. The van der Waals surface area contributed by atoms with Crippen molar-refractivity contribution in [2.24, 2.45) is 5.73 Å². The Bertz CT molecular complexity index is 523. The molecule has 0 aliphatic rings. The zero-order valence-electron chi connectivity index (χ0n) is 10.7. The predicted octanol–water partition coefficient (Wildman–Crippen LogP) is 0.527. The van der Waals surface area contributed by atoms with Crippen LogP contribution in [0.15, 0.2) is 0 Å². The van der Waals surface area contributed by atoms with E-state index in [0.29, 0.717) is 5.56 Å². The van der Waals surface area contributed by atoms with E-state index in [9.17, 15) is 14.4 Å².